The fourth-order valence-corrected chi connectivity index (χ4v) is 16.0. The van der Waals surface area contributed by atoms with Gasteiger partial charge >= 0.3 is 10.4 Å². The van der Waals surface area contributed by atoms with Crippen molar-refractivity contribution in [2.24, 2.45) is 46.3 Å². The highest BCUT2D eigenvalue weighted by Gasteiger charge is 2.64. The zero-order chi connectivity index (χ0) is 61.6. The van der Waals surface area contributed by atoms with Crippen LogP contribution in [0.3, 0.4) is 0 Å². The third kappa shape index (κ3) is 13.0. The van der Waals surface area contributed by atoms with E-state index in [-0.39, 0.29) is 54.6 Å². The number of ketones is 1. The molecule has 5 aliphatic heterocycles. The van der Waals surface area contributed by atoms with Gasteiger partial charge in [-0.25, -0.2) is 4.18 Å². The molecule has 5 saturated heterocycles. The van der Waals surface area contributed by atoms with Gasteiger partial charge in [-0.15, -0.1) is 0 Å². The molecule has 13 N–H and O–H groups in total. The Morgan fingerprint density at radius 3 is 1.74 bits per heavy atom. The average Bonchev–Trinajstić information content (AvgIpc) is 1.39. The fourth-order valence-electron chi connectivity index (χ4n) is 15.4. The first-order valence-corrected chi connectivity index (χ1v) is 31.1. The highest BCUT2D eigenvalue weighted by molar-refractivity contribution is 7.80. The second kappa shape index (κ2) is 25.6. The summed E-state index contributed by atoms with van der Waals surface area (Å²) in [5, 5.41) is 134. The van der Waals surface area contributed by atoms with Crippen LogP contribution in [0.15, 0.2) is 11.6 Å². The first-order chi connectivity index (χ1) is 39.2. The Hall–Kier alpha value is -1.60. The van der Waals surface area contributed by atoms with Crippen molar-refractivity contribution in [1.82, 2.24) is 0 Å². The van der Waals surface area contributed by atoms with Gasteiger partial charge in [0.05, 0.1) is 49.3 Å². The second-order valence-corrected chi connectivity index (χ2v) is 27.6. The standard InChI is InChI=1S/C56H92O27S/c1-21(2)22(3)31(57)18-56(9,69)35-11-10-28-27-17-33(30-16-26(83-84(70,71)72)12-14-54(30,7)29(27)13-15-55(28,35)8)78-51-45(68)46(38(61)25(6)77-51)80-53-48(82-50-44(67)42(65)37(60)24(5)76-50)40(63)34(20-74-53)79-52-47(39(62)32(58)19-73-52)81-49-43(66)41(64)36(59)23(4)75-49/h13,21-28,30,32-53,58-69H,10-12,14-20H2,1-9H3,(H,70,71,72)/t22-,23?,24?,25?,26+,27?,28?,30?,32+,33+,34-,35+,36+,37-,38-,39?,40?,41?,42?,43+,44?,45?,46?,47?,48?,49?,50+,51+,52+,53+,54-,55+,56+/m1/s1. The van der Waals surface area contributed by atoms with Crippen LogP contribution >= 0.6 is 0 Å². The number of Topliss-reactive ketones (excluding diaryl/α,β-unsaturated/α-hetero) is 1. The molecule has 16 unspecified atom stereocenters. The lowest BCUT2D eigenvalue weighted by atomic mass is 9.47. The lowest BCUT2D eigenvalue weighted by Gasteiger charge is -2.60. The molecule has 0 bridgehead atoms. The van der Waals surface area contributed by atoms with Crippen LogP contribution in [0.25, 0.3) is 0 Å². The summed E-state index contributed by atoms with van der Waals surface area (Å²) in [4.78, 5) is 13.5. The molecule has 33 atom stereocenters. The third-order valence-electron chi connectivity index (χ3n) is 20.8. The van der Waals surface area contributed by atoms with Crippen LogP contribution in [0.5, 0.6) is 0 Å². The predicted octanol–water partition coefficient (Wildman–Crippen LogP) is -1.79. The molecule has 28 heteroatoms. The summed E-state index contributed by atoms with van der Waals surface area (Å²) in [5.41, 5.74) is -1.25. The number of rotatable bonds is 17. The van der Waals surface area contributed by atoms with Gasteiger partial charge in [-0.2, -0.15) is 8.42 Å². The van der Waals surface area contributed by atoms with Gasteiger partial charge < -0.3 is 109 Å². The van der Waals surface area contributed by atoms with E-state index in [1.165, 1.54) is 20.8 Å². The van der Waals surface area contributed by atoms with Crippen LogP contribution in [0.4, 0.5) is 0 Å². The summed E-state index contributed by atoms with van der Waals surface area (Å²) in [7, 11) is -4.88. The predicted molar refractivity (Wildman–Crippen MR) is 284 cm³/mol. The fraction of sp³-hybridized carbons (Fsp3) is 0.946. The number of carbonyl (C=O) groups is 1. The Morgan fingerprint density at radius 1 is 0.631 bits per heavy atom. The highest BCUT2D eigenvalue weighted by Crippen LogP contribution is 2.67. The van der Waals surface area contributed by atoms with Gasteiger partial charge in [-0.3, -0.25) is 9.35 Å². The summed E-state index contributed by atoms with van der Waals surface area (Å²) >= 11 is 0. The zero-order valence-corrected chi connectivity index (χ0v) is 49.8. The van der Waals surface area contributed by atoms with E-state index in [0.717, 1.165) is 12.0 Å². The summed E-state index contributed by atoms with van der Waals surface area (Å²) in [6.45, 7) is 15.0. The molecule has 0 aromatic carbocycles. The largest absolute Gasteiger partial charge is 0.397 e. The highest BCUT2D eigenvalue weighted by atomic mass is 32.3. The summed E-state index contributed by atoms with van der Waals surface area (Å²) in [5.74, 6) is -1.03. The van der Waals surface area contributed by atoms with Crippen LogP contribution in [0, 0.1) is 46.3 Å². The molecule has 84 heavy (non-hydrogen) atoms. The van der Waals surface area contributed by atoms with Crippen LogP contribution in [-0.4, -0.2) is 252 Å². The van der Waals surface area contributed by atoms with Gasteiger partial charge in [0.25, 0.3) is 0 Å². The SMILES string of the molecule is CC1O[C@@H](OC2C(O)[C@H](O[C@@H]3OC[C@H](O)C(O)C3OC3OC(C)[C@H](O)C(O)[C@@H]3O)CO[C@H]2OC2C(O)[C@H](O[C@H]3CC4C(=CC[C@@]5(C)C4CC[C@@H]5[C@@](C)(O)CC(=O)[C@H](C)C(C)C)[C@@]4(C)CC[C@H](OS(=O)(=O)O)CC34)OC(C)[C@H]2O)C(O)C(O)[C@@H]1O. The van der Waals surface area contributed by atoms with Crippen molar-refractivity contribution in [3.05, 3.63) is 11.6 Å². The van der Waals surface area contributed by atoms with Crippen molar-refractivity contribution in [2.45, 2.75) is 273 Å². The molecule has 0 aromatic rings. The Labute approximate surface area is 489 Å². The molecule has 0 spiro atoms. The lowest BCUT2D eigenvalue weighted by molar-refractivity contribution is -0.394. The maximum Gasteiger partial charge on any atom is 0.397 e. The van der Waals surface area contributed by atoms with E-state index in [1.807, 2.05) is 20.8 Å². The Kier molecular flexibility index (Phi) is 20.4. The molecule has 0 amide bonds. The van der Waals surface area contributed by atoms with Gasteiger partial charge in [0.15, 0.2) is 31.5 Å². The van der Waals surface area contributed by atoms with Crippen LogP contribution in [-0.2, 0) is 66.7 Å². The monoisotopic (exact) mass is 1230 g/mol. The minimum absolute atomic E-state index is 0.00122. The molecule has 0 radical (unpaired) electrons. The van der Waals surface area contributed by atoms with E-state index in [0.29, 0.717) is 25.7 Å². The number of ether oxygens (including phenoxy) is 10. The summed E-state index contributed by atoms with van der Waals surface area (Å²) in [6.07, 6.45) is -34.3. The molecule has 3 saturated carbocycles. The van der Waals surface area contributed by atoms with E-state index in [2.05, 4.69) is 19.9 Å². The first kappa shape index (κ1) is 66.8. The molecular weight excluding hydrogens is 1140 g/mol. The van der Waals surface area contributed by atoms with E-state index >= 15 is 0 Å². The minimum Gasteiger partial charge on any atom is -0.389 e. The number of allylic oxidation sites excluding steroid dienone is 2. The van der Waals surface area contributed by atoms with Crippen molar-refractivity contribution in [3.63, 3.8) is 0 Å². The van der Waals surface area contributed by atoms with Gasteiger partial charge in [0.1, 0.15) is 97.3 Å². The minimum atomic E-state index is -4.88. The quantitative estimate of drug-likeness (QED) is 0.0565. The second-order valence-electron chi connectivity index (χ2n) is 26.6. The number of aliphatic hydroxyl groups is 12. The Bertz CT molecular complexity index is 2400. The third-order valence-corrected chi connectivity index (χ3v) is 21.3. The Balaban J connectivity index is 0.973. The molecule has 9 aliphatic rings. The van der Waals surface area contributed by atoms with Crippen molar-refractivity contribution in [3.8, 4) is 0 Å². The number of fused-ring (bicyclic) bond motifs is 5. The number of hydrogen-bond donors (Lipinski definition) is 13. The Morgan fingerprint density at radius 2 is 1.15 bits per heavy atom. The van der Waals surface area contributed by atoms with Gasteiger partial charge in [-0.1, -0.05) is 46.3 Å². The lowest BCUT2D eigenvalue weighted by Crippen LogP contribution is -2.66. The van der Waals surface area contributed by atoms with Crippen molar-refractivity contribution >= 4 is 16.2 Å². The molecule has 0 aromatic heterocycles. The van der Waals surface area contributed by atoms with Gasteiger partial charge in [-0.05, 0) is 113 Å². The maximum absolute atomic E-state index is 13.5. The van der Waals surface area contributed by atoms with Crippen LogP contribution < -0.4 is 0 Å². The topological polar surface area (TPSA) is 416 Å². The van der Waals surface area contributed by atoms with E-state index in [1.54, 1.807) is 6.92 Å². The normalized spacial score (nSPS) is 51.2. The number of hydrogen-bond acceptors (Lipinski definition) is 26. The maximum atomic E-state index is 13.5. The molecule has 5 heterocycles. The van der Waals surface area contributed by atoms with E-state index in [4.69, 9.17) is 51.6 Å². The van der Waals surface area contributed by atoms with Crippen LogP contribution in [0.2, 0.25) is 0 Å². The number of carbonyl (C=O) groups excluding carboxylic acids is 1. The van der Waals surface area contributed by atoms with Crippen molar-refractivity contribution in [2.75, 3.05) is 13.2 Å². The molecule has 8 fully saturated rings. The summed E-state index contributed by atoms with van der Waals surface area (Å²) in [6, 6.07) is 0. The average molecular weight is 1230 g/mol. The van der Waals surface area contributed by atoms with E-state index in [9.17, 15) is 79.0 Å². The van der Waals surface area contributed by atoms with Crippen molar-refractivity contribution < 1.29 is 131 Å². The smallest absolute Gasteiger partial charge is 0.389 e. The number of aliphatic hydroxyl groups excluding tert-OH is 11. The van der Waals surface area contributed by atoms with E-state index < -0.39 is 199 Å². The molecule has 9 rings (SSSR count). The first-order valence-electron chi connectivity index (χ1n) is 29.7. The van der Waals surface area contributed by atoms with Gasteiger partial charge in [0, 0.05) is 12.3 Å². The molecule has 27 nitrogen and oxygen atoms in total. The molecular formula is C56H92O27S. The molecule has 4 aliphatic carbocycles. The molecule has 484 valence electrons. The summed E-state index contributed by atoms with van der Waals surface area (Å²) < 4.78 is 100. The van der Waals surface area contributed by atoms with Crippen LogP contribution in [0.1, 0.15) is 114 Å². The zero-order valence-electron chi connectivity index (χ0n) is 49.0. The van der Waals surface area contributed by atoms with Gasteiger partial charge in [0.2, 0.25) is 0 Å². The van der Waals surface area contributed by atoms with Crippen molar-refractivity contribution in [1.29, 1.82) is 0 Å².